The van der Waals surface area contributed by atoms with E-state index in [9.17, 15) is 19.2 Å². The number of benzene rings is 1. The lowest BCUT2D eigenvalue weighted by molar-refractivity contribution is -0.142. The number of nitrogens with one attached hydrogen (secondary N) is 2. The molecule has 1 aromatic carbocycles. The van der Waals surface area contributed by atoms with Gasteiger partial charge in [0.1, 0.15) is 11.7 Å². The highest BCUT2D eigenvalue weighted by Crippen LogP contribution is 2.16. The second-order valence-corrected chi connectivity index (χ2v) is 11.0. The van der Waals surface area contributed by atoms with Crippen molar-refractivity contribution >= 4 is 30.8 Å². The fourth-order valence-electron chi connectivity index (χ4n) is 4.71. The molecule has 1 aromatic heterocycles. The summed E-state index contributed by atoms with van der Waals surface area (Å²) in [7, 11) is 0.353. The normalized spacial score (nSPS) is 12.3. The van der Waals surface area contributed by atoms with Crippen LogP contribution in [0.15, 0.2) is 48.9 Å². The van der Waals surface area contributed by atoms with Crippen molar-refractivity contribution in [2.75, 3.05) is 26.7 Å². The average Bonchev–Trinajstić information content (AvgIpc) is 3.02. The number of hydrogen-bond acceptors (Lipinski definition) is 10. The van der Waals surface area contributed by atoms with Gasteiger partial charge in [0, 0.05) is 25.2 Å². The number of amides is 2. The van der Waals surface area contributed by atoms with E-state index in [-0.39, 0.29) is 31.0 Å². The first-order valence-corrected chi connectivity index (χ1v) is 15.3. The fraction of sp³-hybridized carbons (Fsp3) is 0.548. The Bertz CT molecular complexity index is 1160. The van der Waals surface area contributed by atoms with Gasteiger partial charge in [-0.2, -0.15) is 0 Å². The molecule has 2 rings (SSSR count). The first kappa shape index (κ1) is 36.4. The van der Waals surface area contributed by atoms with Crippen LogP contribution in [0.25, 0.3) is 0 Å². The predicted molar refractivity (Wildman–Crippen MR) is 168 cm³/mol. The Hall–Kier alpha value is -3.84. The summed E-state index contributed by atoms with van der Waals surface area (Å²) in [4.78, 5) is 62.0. The summed E-state index contributed by atoms with van der Waals surface area (Å²) in [5.41, 5.74) is 6.55. The van der Waals surface area contributed by atoms with Crippen LogP contribution in [0.5, 0.6) is 0 Å². The van der Waals surface area contributed by atoms with Crippen LogP contribution in [0.1, 0.15) is 75.3 Å². The minimum absolute atomic E-state index is 0.0748. The van der Waals surface area contributed by atoms with Gasteiger partial charge in [0.25, 0.3) is 11.9 Å². The maximum atomic E-state index is 14.0. The van der Waals surface area contributed by atoms with E-state index in [1.165, 1.54) is 25.7 Å². The number of hydrogen-bond donors (Lipinski definition) is 3. The second kappa shape index (κ2) is 20.2. The number of nitrogens with zero attached hydrogens (tertiary/aromatic N) is 3. The number of ether oxygens (including phenoxy) is 1. The first-order valence-electron chi connectivity index (χ1n) is 15.3. The van der Waals surface area contributed by atoms with E-state index in [2.05, 4.69) is 20.6 Å². The zero-order chi connectivity index (χ0) is 32.3. The molecule has 44 heavy (non-hydrogen) atoms. The van der Waals surface area contributed by atoms with Gasteiger partial charge >= 0.3 is 13.0 Å². The Labute approximate surface area is 261 Å². The van der Waals surface area contributed by atoms with Crippen molar-refractivity contribution in [1.82, 2.24) is 25.4 Å². The molecule has 0 aliphatic heterocycles. The molecule has 0 radical (unpaired) electrons. The Morgan fingerprint density at radius 1 is 1.00 bits per heavy atom. The molecule has 0 aliphatic rings. The molecule has 2 amide bonds. The third-order valence-electron chi connectivity index (χ3n) is 6.96. The summed E-state index contributed by atoms with van der Waals surface area (Å²) in [5, 5.41) is 5.86. The third-order valence-corrected chi connectivity index (χ3v) is 6.96. The number of unbranched alkanes of at least 4 members (excludes halogenated alkanes) is 3. The second-order valence-electron chi connectivity index (χ2n) is 11.0. The summed E-state index contributed by atoms with van der Waals surface area (Å²) in [6.07, 6.45) is 8.37. The molecule has 1 heterocycles. The Morgan fingerprint density at radius 3 is 2.34 bits per heavy atom. The number of nitrogens with two attached hydrogens (primary N) is 1. The van der Waals surface area contributed by atoms with Crippen LogP contribution >= 0.6 is 0 Å². The van der Waals surface area contributed by atoms with Crippen molar-refractivity contribution in [3.05, 3.63) is 60.2 Å². The van der Waals surface area contributed by atoms with Gasteiger partial charge < -0.3 is 25.8 Å². The molecule has 0 aliphatic carbocycles. The predicted octanol–water partition coefficient (Wildman–Crippen LogP) is 2.32. The van der Waals surface area contributed by atoms with Crippen LogP contribution in [0.3, 0.4) is 0 Å². The Morgan fingerprint density at radius 2 is 1.73 bits per heavy atom. The van der Waals surface area contributed by atoms with Gasteiger partial charge in [0.2, 0.25) is 5.91 Å². The van der Waals surface area contributed by atoms with Gasteiger partial charge in [0.05, 0.1) is 25.8 Å². The standard InChI is InChI=1S/C31H47BN6O6/c1-5-28(39)44-32(38(22-29(40)43-4)18-12-7-6-11-15-33)27(19-23(2)3)37-30(41)25(20-24-13-9-8-10-14-24)36-31(42)26-21-34-16-17-35-26/h8-10,13-14,16-17,21,23,25,27H,5-7,11-12,15,18-20,22,33H2,1-4H3,(H,36,42)(H,37,41)/t25-,27-/m0/s1. The molecule has 13 heteroatoms. The highest BCUT2D eigenvalue weighted by Gasteiger charge is 2.41. The Balaban J connectivity index is 2.41. The number of carbonyl (C=O) groups excluding carboxylic acids is 4. The highest BCUT2D eigenvalue weighted by atomic mass is 16.5. The van der Waals surface area contributed by atoms with Gasteiger partial charge in [-0.05, 0) is 43.8 Å². The summed E-state index contributed by atoms with van der Waals surface area (Å²) in [6.45, 7) is 6.58. The van der Waals surface area contributed by atoms with Crippen LogP contribution < -0.4 is 16.4 Å². The molecule has 0 fully saturated rings. The van der Waals surface area contributed by atoms with E-state index in [0.29, 0.717) is 19.5 Å². The van der Waals surface area contributed by atoms with E-state index in [0.717, 1.165) is 31.2 Å². The molecular formula is C31H47BN6O6. The number of aromatic nitrogens is 2. The first-order chi connectivity index (χ1) is 21.2. The summed E-state index contributed by atoms with van der Waals surface area (Å²) in [5.74, 6) is -2.57. The van der Waals surface area contributed by atoms with E-state index >= 15 is 0 Å². The van der Waals surface area contributed by atoms with Gasteiger partial charge in [-0.15, -0.1) is 0 Å². The van der Waals surface area contributed by atoms with E-state index in [1.54, 1.807) is 11.7 Å². The minimum Gasteiger partial charge on any atom is -0.518 e. The summed E-state index contributed by atoms with van der Waals surface area (Å²) >= 11 is 0. The quantitative estimate of drug-likeness (QED) is 0.115. The SMILES string of the molecule is CCC(=O)OB([C@H](CC(C)C)NC(=O)[C@H](Cc1ccccc1)NC(=O)c1cnccn1)N(CCCCCCN)CC(=O)OC. The Kier molecular flexibility index (Phi) is 16.7. The summed E-state index contributed by atoms with van der Waals surface area (Å²) in [6, 6.07) is 8.34. The van der Waals surface area contributed by atoms with Crippen molar-refractivity contribution < 1.29 is 28.6 Å². The van der Waals surface area contributed by atoms with Gasteiger partial charge in [-0.3, -0.25) is 29.0 Å². The van der Waals surface area contributed by atoms with Gasteiger partial charge in [-0.25, -0.2) is 4.98 Å². The lowest BCUT2D eigenvalue weighted by Gasteiger charge is -2.34. The van der Waals surface area contributed by atoms with E-state index in [4.69, 9.17) is 15.1 Å². The fourth-order valence-corrected chi connectivity index (χ4v) is 4.71. The molecule has 0 saturated heterocycles. The van der Waals surface area contributed by atoms with Crippen molar-refractivity contribution in [2.45, 2.75) is 77.7 Å². The van der Waals surface area contributed by atoms with Crippen LogP contribution in [-0.2, 0) is 30.2 Å². The van der Waals surface area contributed by atoms with E-state index in [1.807, 2.05) is 44.2 Å². The molecule has 4 N–H and O–H groups in total. The zero-order valence-electron chi connectivity index (χ0n) is 26.4. The van der Waals surface area contributed by atoms with Crippen molar-refractivity contribution in [1.29, 1.82) is 0 Å². The molecule has 0 spiro atoms. The highest BCUT2D eigenvalue weighted by molar-refractivity contribution is 6.53. The van der Waals surface area contributed by atoms with Gasteiger partial charge in [0.15, 0.2) is 0 Å². The lowest BCUT2D eigenvalue weighted by Crippen LogP contribution is -2.62. The molecule has 240 valence electrons. The molecule has 2 atom stereocenters. The maximum absolute atomic E-state index is 14.0. The number of esters is 1. The van der Waals surface area contributed by atoms with Crippen molar-refractivity contribution in [2.24, 2.45) is 11.7 Å². The van der Waals surface area contributed by atoms with Crippen LogP contribution in [-0.4, -0.2) is 84.3 Å². The number of methoxy groups -OCH3 is 1. The van der Waals surface area contributed by atoms with Crippen LogP contribution in [0.4, 0.5) is 0 Å². The molecule has 12 nitrogen and oxygen atoms in total. The maximum Gasteiger partial charge on any atom is 0.475 e. The van der Waals surface area contributed by atoms with E-state index < -0.39 is 42.8 Å². The average molecular weight is 611 g/mol. The minimum atomic E-state index is -0.977. The molecule has 0 saturated carbocycles. The molecule has 2 aromatic rings. The molecule has 0 unspecified atom stereocenters. The monoisotopic (exact) mass is 610 g/mol. The number of rotatable bonds is 20. The van der Waals surface area contributed by atoms with Gasteiger partial charge in [-0.1, -0.05) is 63.9 Å². The zero-order valence-corrected chi connectivity index (χ0v) is 26.4. The largest absolute Gasteiger partial charge is 0.518 e. The van der Waals surface area contributed by atoms with Crippen molar-refractivity contribution in [3.63, 3.8) is 0 Å². The third kappa shape index (κ3) is 13.2. The molecule has 0 bridgehead atoms. The number of carbonyl (C=O) groups is 4. The summed E-state index contributed by atoms with van der Waals surface area (Å²) < 4.78 is 10.9. The molecular weight excluding hydrogens is 563 g/mol. The smallest absolute Gasteiger partial charge is 0.475 e. The van der Waals surface area contributed by atoms with Crippen molar-refractivity contribution in [3.8, 4) is 0 Å². The topological polar surface area (TPSA) is 166 Å². The van der Waals surface area contributed by atoms with Crippen LogP contribution in [0, 0.1) is 5.92 Å². The lowest BCUT2D eigenvalue weighted by atomic mass is 9.66. The van der Waals surface area contributed by atoms with Crippen LogP contribution in [0.2, 0.25) is 0 Å².